The predicted octanol–water partition coefficient (Wildman–Crippen LogP) is 4.50. The maximum Gasteiger partial charge on any atom is 0.416 e. The van der Waals surface area contributed by atoms with E-state index < -0.39 is 23.6 Å². The molecule has 0 radical (unpaired) electrons. The Labute approximate surface area is 233 Å². The van der Waals surface area contributed by atoms with Crippen molar-refractivity contribution in [3.05, 3.63) is 48.3 Å². The molecule has 6 rings (SSSR count). The molecule has 3 aliphatic rings. The van der Waals surface area contributed by atoms with Crippen molar-refractivity contribution in [2.45, 2.75) is 50.8 Å². The molecule has 11 nitrogen and oxygen atoms in total. The first-order chi connectivity index (χ1) is 19.6. The number of fused-ring (bicyclic) bond motifs is 4. The van der Waals surface area contributed by atoms with Crippen LogP contribution in [0.2, 0.25) is 0 Å². The molecule has 0 aliphatic carbocycles. The number of ether oxygens (including phenoxy) is 3. The Balaban J connectivity index is 1.24. The molecule has 2 aromatic heterocycles. The Kier molecular flexibility index (Phi) is 6.90. The van der Waals surface area contributed by atoms with E-state index in [1.54, 1.807) is 6.20 Å². The molecule has 0 saturated carbocycles. The van der Waals surface area contributed by atoms with Crippen LogP contribution in [0.4, 0.5) is 35.3 Å². The average molecular weight is 572 g/mol. The third-order valence-corrected chi connectivity index (χ3v) is 7.08. The van der Waals surface area contributed by atoms with Crippen LogP contribution in [-0.2, 0) is 15.7 Å². The van der Waals surface area contributed by atoms with Gasteiger partial charge >= 0.3 is 18.2 Å². The molecule has 2 amide bonds. The number of carbonyl (C=O) groups excluding carboxylic acids is 1. The molecule has 2 fully saturated rings. The molecule has 2 bridgehead atoms. The molecule has 14 heteroatoms. The van der Waals surface area contributed by atoms with E-state index in [-0.39, 0.29) is 42.0 Å². The van der Waals surface area contributed by atoms with Crippen molar-refractivity contribution < 1.29 is 32.2 Å². The molecule has 1 aromatic carbocycles. The topological polar surface area (TPSA) is 115 Å². The molecule has 0 spiro atoms. The number of nitrogens with one attached hydrogen (secondary N) is 1. The number of amides is 2. The van der Waals surface area contributed by atoms with Crippen LogP contribution in [0.5, 0.6) is 6.01 Å². The van der Waals surface area contributed by atoms with Gasteiger partial charge in [-0.05, 0) is 44.9 Å². The normalized spacial score (nSPS) is 21.4. The maximum atomic E-state index is 13.7. The summed E-state index contributed by atoms with van der Waals surface area (Å²) in [6.45, 7) is 5.54. The van der Waals surface area contributed by atoms with Crippen LogP contribution in [0, 0.1) is 0 Å². The van der Waals surface area contributed by atoms with Crippen LogP contribution in [0.1, 0.15) is 32.3 Å². The number of anilines is 3. The van der Waals surface area contributed by atoms with Gasteiger partial charge in [0.25, 0.3) is 0 Å². The highest BCUT2D eigenvalue weighted by Gasteiger charge is 2.39. The Bertz CT molecular complexity index is 1450. The van der Waals surface area contributed by atoms with E-state index in [0.717, 1.165) is 31.5 Å². The van der Waals surface area contributed by atoms with Crippen molar-refractivity contribution in [3.8, 4) is 17.4 Å². The lowest BCUT2D eigenvalue weighted by atomic mass is 10.0. The molecule has 1 unspecified atom stereocenters. The molecule has 2 saturated heterocycles. The average Bonchev–Trinajstić information content (AvgIpc) is 3.30. The van der Waals surface area contributed by atoms with E-state index in [1.165, 1.54) is 29.3 Å². The number of carbonyl (C=O) groups is 1. The predicted molar refractivity (Wildman–Crippen MR) is 142 cm³/mol. The molecule has 2 atom stereocenters. The lowest BCUT2D eigenvalue weighted by molar-refractivity contribution is -0.141. The fourth-order valence-corrected chi connectivity index (χ4v) is 5.22. The monoisotopic (exact) mass is 571 g/mol. The second kappa shape index (κ2) is 10.4. The first-order valence-electron chi connectivity index (χ1n) is 13.2. The van der Waals surface area contributed by atoms with Crippen molar-refractivity contribution in [2.24, 2.45) is 0 Å². The van der Waals surface area contributed by atoms with E-state index in [0.29, 0.717) is 24.7 Å². The highest BCUT2D eigenvalue weighted by Crippen LogP contribution is 2.39. The van der Waals surface area contributed by atoms with Crippen molar-refractivity contribution in [1.29, 1.82) is 0 Å². The number of urea groups is 1. The molecule has 216 valence electrons. The van der Waals surface area contributed by atoms with E-state index in [1.807, 2.05) is 13.8 Å². The number of benzene rings is 1. The molecule has 5 heterocycles. The summed E-state index contributed by atoms with van der Waals surface area (Å²) in [5, 5.41) is 2.80. The number of hydrogen-bond donors (Lipinski definition) is 1. The third-order valence-electron chi connectivity index (χ3n) is 7.08. The second-order valence-corrected chi connectivity index (χ2v) is 10.5. The smallest absolute Gasteiger partial charge is 0.416 e. The van der Waals surface area contributed by atoms with Crippen LogP contribution < -0.4 is 19.9 Å². The van der Waals surface area contributed by atoms with E-state index in [9.17, 15) is 18.0 Å². The number of halogens is 3. The zero-order valence-electron chi connectivity index (χ0n) is 22.4. The van der Waals surface area contributed by atoms with Gasteiger partial charge in [0.05, 0.1) is 30.1 Å². The van der Waals surface area contributed by atoms with Crippen LogP contribution in [0.25, 0.3) is 11.4 Å². The van der Waals surface area contributed by atoms with Crippen molar-refractivity contribution in [3.63, 3.8) is 0 Å². The summed E-state index contributed by atoms with van der Waals surface area (Å²) in [6.07, 6.45) is -0.159. The third kappa shape index (κ3) is 5.75. The summed E-state index contributed by atoms with van der Waals surface area (Å²) >= 11 is 0. The van der Waals surface area contributed by atoms with Crippen molar-refractivity contribution in [2.75, 3.05) is 41.4 Å². The van der Waals surface area contributed by atoms with Crippen LogP contribution in [0.15, 0.2) is 42.7 Å². The number of nitrogens with zero attached hydrogens (tertiary/aromatic N) is 6. The molecule has 3 aromatic rings. The van der Waals surface area contributed by atoms with Crippen LogP contribution in [0.3, 0.4) is 0 Å². The highest BCUT2D eigenvalue weighted by molar-refractivity contribution is 6.04. The summed E-state index contributed by atoms with van der Waals surface area (Å²) in [7, 11) is 0. The fraction of sp³-hybridized carbons (Fsp3) is 0.444. The Morgan fingerprint density at radius 3 is 2.85 bits per heavy atom. The van der Waals surface area contributed by atoms with Gasteiger partial charge < -0.3 is 19.1 Å². The lowest BCUT2D eigenvalue weighted by Gasteiger charge is -2.45. The summed E-state index contributed by atoms with van der Waals surface area (Å²) in [5.74, 6) is -0.0506. The summed E-state index contributed by atoms with van der Waals surface area (Å²) in [6, 6.07) is 5.74. The quantitative estimate of drug-likeness (QED) is 0.473. The van der Waals surface area contributed by atoms with Gasteiger partial charge in [-0.3, -0.25) is 10.2 Å². The van der Waals surface area contributed by atoms with Crippen LogP contribution in [-0.4, -0.2) is 70.2 Å². The minimum absolute atomic E-state index is 0.0631. The summed E-state index contributed by atoms with van der Waals surface area (Å²) in [5.41, 5.74) is 0.0376. The minimum Gasteiger partial charge on any atom is -0.461 e. The van der Waals surface area contributed by atoms with E-state index in [2.05, 4.69) is 30.2 Å². The summed E-state index contributed by atoms with van der Waals surface area (Å²) in [4.78, 5) is 34.7. The Morgan fingerprint density at radius 1 is 1.22 bits per heavy atom. The second-order valence-electron chi connectivity index (χ2n) is 10.5. The fourth-order valence-electron chi connectivity index (χ4n) is 5.22. The zero-order chi connectivity index (χ0) is 28.8. The number of piperidine rings is 1. The molecule has 1 N–H and O–H groups in total. The van der Waals surface area contributed by atoms with E-state index >= 15 is 0 Å². The van der Waals surface area contributed by atoms with Gasteiger partial charge in [0.15, 0.2) is 17.4 Å². The zero-order valence-corrected chi connectivity index (χ0v) is 22.4. The molecular weight excluding hydrogens is 543 g/mol. The van der Waals surface area contributed by atoms with Gasteiger partial charge in [0.1, 0.15) is 18.5 Å². The molecular formula is C27H28F3N7O4. The van der Waals surface area contributed by atoms with Gasteiger partial charge in [0.2, 0.25) is 0 Å². The maximum absolute atomic E-state index is 13.7. The number of alkyl halides is 3. The van der Waals surface area contributed by atoms with Crippen LogP contribution >= 0.6 is 0 Å². The Hall–Kier alpha value is -4.04. The standard InChI is InChI=1S/C27H28F3N7O4/c1-26(2)40-15-19(41-26)14-39-24-31-9-8-21(33-24)34-25(38)37-18-7-4-10-36(13-18)20-12-32-22(35-23(20)37)16-5-3-6-17(11-16)27(28,29)30/h3,5-6,8-9,11-12,18-19H,4,7,10,13-15H2,1-2H3,(H,31,33,34,38)/t18?,19-/m0/s1. The number of hydrogen-bond acceptors (Lipinski definition) is 9. The van der Waals surface area contributed by atoms with Gasteiger partial charge in [-0.15, -0.1) is 0 Å². The lowest BCUT2D eigenvalue weighted by Crippen LogP contribution is -2.56. The number of aromatic nitrogens is 4. The number of rotatable bonds is 5. The highest BCUT2D eigenvalue weighted by atomic mass is 19.4. The SMILES string of the molecule is CC1(C)OC[C@H](COc2nccc(NC(=O)N3c4nc(-c5cccc(C(F)(F)F)c5)ncc4N4CCCC3C4)n2)O1. The van der Waals surface area contributed by atoms with Gasteiger partial charge in [-0.2, -0.15) is 18.2 Å². The van der Waals surface area contributed by atoms with Gasteiger partial charge in [-0.1, -0.05) is 12.1 Å². The van der Waals surface area contributed by atoms with Gasteiger partial charge in [0, 0.05) is 24.8 Å². The van der Waals surface area contributed by atoms with E-state index in [4.69, 9.17) is 14.2 Å². The van der Waals surface area contributed by atoms with Crippen molar-refractivity contribution in [1.82, 2.24) is 19.9 Å². The van der Waals surface area contributed by atoms with Gasteiger partial charge in [-0.25, -0.2) is 19.7 Å². The van der Waals surface area contributed by atoms with Crippen molar-refractivity contribution >= 4 is 23.4 Å². The molecule has 3 aliphatic heterocycles. The largest absolute Gasteiger partial charge is 0.461 e. The summed E-state index contributed by atoms with van der Waals surface area (Å²) < 4.78 is 56.9. The minimum atomic E-state index is -4.51. The molecule has 41 heavy (non-hydrogen) atoms. The Morgan fingerprint density at radius 2 is 2.07 bits per heavy atom. The first kappa shape index (κ1) is 27.1. The first-order valence-corrected chi connectivity index (χ1v) is 13.2.